The zero-order valence-corrected chi connectivity index (χ0v) is 18.3. The van der Waals surface area contributed by atoms with Gasteiger partial charge in [-0.25, -0.2) is 8.42 Å². The number of carbonyl (C=O) groups is 2. The van der Waals surface area contributed by atoms with Gasteiger partial charge in [-0.05, 0) is 47.0 Å². The molecule has 0 aliphatic carbocycles. The van der Waals surface area contributed by atoms with E-state index in [9.17, 15) is 18.0 Å². The molecular formula is C23H19ClO6S. The number of hydrogen-bond acceptors (Lipinski definition) is 6. The number of halogens is 1. The molecule has 0 saturated carbocycles. The lowest BCUT2D eigenvalue weighted by atomic mass is 9.85. The first kappa shape index (κ1) is 22.5. The molecule has 0 aliphatic rings. The van der Waals surface area contributed by atoms with Gasteiger partial charge in [-0.15, -0.1) is 0 Å². The highest BCUT2D eigenvalue weighted by atomic mass is 35.7. The number of ether oxygens (including phenoxy) is 2. The average molecular weight is 459 g/mol. The van der Waals surface area contributed by atoms with Crippen molar-refractivity contribution < 1.29 is 27.5 Å². The van der Waals surface area contributed by atoms with E-state index in [1.807, 2.05) is 0 Å². The Bertz CT molecular complexity index is 1140. The predicted octanol–water partition coefficient (Wildman–Crippen LogP) is 4.64. The Morgan fingerprint density at radius 2 is 1.16 bits per heavy atom. The van der Waals surface area contributed by atoms with Crippen molar-refractivity contribution in [2.45, 2.75) is 24.7 Å². The molecule has 8 heteroatoms. The van der Waals surface area contributed by atoms with Crippen molar-refractivity contribution in [1.82, 2.24) is 0 Å². The summed E-state index contributed by atoms with van der Waals surface area (Å²) in [5, 5.41) is 0. The lowest BCUT2D eigenvalue weighted by Crippen LogP contribution is -2.09. The molecule has 160 valence electrons. The molecule has 0 aliphatic heterocycles. The molecule has 3 aromatic rings. The number of benzene rings is 3. The Balaban J connectivity index is 2.14. The molecule has 6 nitrogen and oxygen atoms in total. The molecule has 0 fully saturated rings. The van der Waals surface area contributed by atoms with Gasteiger partial charge in [0.2, 0.25) is 0 Å². The minimum absolute atomic E-state index is 0.00482. The summed E-state index contributed by atoms with van der Waals surface area (Å²) < 4.78 is 34.6. The maximum Gasteiger partial charge on any atom is 0.308 e. The van der Waals surface area contributed by atoms with E-state index >= 15 is 0 Å². The van der Waals surface area contributed by atoms with Crippen molar-refractivity contribution in [2.75, 3.05) is 0 Å². The highest BCUT2D eigenvalue weighted by molar-refractivity contribution is 8.13. The SMILES string of the molecule is CC(=O)Oc1ccc(C(c2ccc(OC(C)=O)cc2)c2ccccc2S(=O)(=O)Cl)cc1. The third kappa shape index (κ3) is 5.71. The lowest BCUT2D eigenvalue weighted by molar-refractivity contribution is -0.132. The first-order chi connectivity index (χ1) is 14.6. The van der Waals surface area contributed by atoms with Gasteiger partial charge in [0.15, 0.2) is 0 Å². The molecule has 0 radical (unpaired) electrons. The summed E-state index contributed by atoms with van der Waals surface area (Å²) in [5.41, 5.74) is 1.99. The summed E-state index contributed by atoms with van der Waals surface area (Å²) in [6.45, 7) is 2.62. The quantitative estimate of drug-likeness (QED) is 0.231. The first-order valence-corrected chi connectivity index (χ1v) is 11.6. The topological polar surface area (TPSA) is 86.7 Å². The fourth-order valence-corrected chi connectivity index (χ4v) is 4.41. The van der Waals surface area contributed by atoms with Crippen molar-refractivity contribution in [2.24, 2.45) is 0 Å². The molecule has 0 unspecified atom stereocenters. The van der Waals surface area contributed by atoms with Crippen LogP contribution in [0, 0.1) is 0 Å². The van der Waals surface area contributed by atoms with E-state index in [4.69, 9.17) is 20.2 Å². The summed E-state index contributed by atoms with van der Waals surface area (Å²) in [4.78, 5) is 22.4. The summed E-state index contributed by atoms with van der Waals surface area (Å²) in [6, 6.07) is 20.0. The molecule has 0 atom stereocenters. The molecule has 3 rings (SSSR count). The summed E-state index contributed by atoms with van der Waals surface area (Å²) in [5.74, 6) is -0.632. The molecule has 0 N–H and O–H groups in total. The molecular weight excluding hydrogens is 440 g/mol. The zero-order valence-electron chi connectivity index (χ0n) is 16.7. The van der Waals surface area contributed by atoms with Crippen LogP contribution in [0.3, 0.4) is 0 Å². The third-order valence-corrected chi connectivity index (χ3v) is 5.84. The smallest absolute Gasteiger partial charge is 0.308 e. The second-order valence-electron chi connectivity index (χ2n) is 6.73. The van der Waals surface area contributed by atoms with E-state index < -0.39 is 26.9 Å². The van der Waals surface area contributed by atoms with Crippen LogP contribution in [0.1, 0.15) is 36.5 Å². The number of hydrogen-bond donors (Lipinski definition) is 0. The molecule has 0 spiro atoms. The van der Waals surface area contributed by atoms with Crippen LogP contribution < -0.4 is 9.47 Å². The molecule has 0 saturated heterocycles. The Morgan fingerprint density at radius 3 is 1.55 bits per heavy atom. The molecule has 3 aromatic carbocycles. The number of esters is 2. The molecule has 31 heavy (non-hydrogen) atoms. The van der Waals surface area contributed by atoms with Gasteiger partial charge < -0.3 is 9.47 Å². The van der Waals surface area contributed by atoms with Gasteiger partial charge in [0.05, 0.1) is 4.90 Å². The van der Waals surface area contributed by atoms with Crippen LogP contribution in [0.25, 0.3) is 0 Å². The second kappa shape index (κ2) is 9.32. The second-order valence-corrected chi connectivity index (χ2v) is 9.27. The van der Waals surface area contributed by atoms with Crippen molar-refractivity contribution >= 4 is 31.7 Å². The molecule has 0 amide bonds. The van der Waals surface area contributed by atoms with Crippen LogP contribution in [0.2, 0.25) is 0 Å². The Labute approximate surface area is 184 Å². The van der Waals surface area contributed by atoms with Crippen LogP contribution in [0.4, 0.5) is 0 Å². The maximum absolute atomic E-state index is 12.2. The van der Waals surface area contributed by atoms with Crippen molar-refractivity contribution in [3.8, 4) is 11.5 Å². The monoisotopic (exact) mass is 458 g/mol. The van der Waals surface area contributed by atoms with Crippen molar-refractivity contribution in [1.29, 1.82) is 0 Å². The minimum Gasteiger partial charge on any atom is -0.427 e. The summed E-state index contributed by atoms with van der Waals surface area (Å²) in [7, 11) is 1.70. The van der Waals surface area contributed by atoms with E-state index in [0.717, 1.165) is 11.1 Å². The molecule has 0 aromatic heterocycles. The van der Waals surface area contributed by atoms with Crippen molar-refractivity contribution in [3.63, 3.8) is 0 Å². The number of rotatable bonds is 6. The molecule has 0 bridgehead atoms. The highest BCUT2D eigenvalue weighted by Gasteiger charge is 2.25. The maximum atomic E-state index is 12.2. The lowest BCUT2D eigenvalue weighted by Gasteiger charge is -2.21. The van der Waals surface area contributed by atoms with E-state index in [2.05, 4.69) is 0 Å². The first-order valence-electron chi connectivity index (χ1n) is 9.25. The zero-order chi connectivity index (χ0) is 22.6. The van der Waals surface area contributed by atoms with Crippen LogP contribution in [-0.4, -0.2) is 20.4 Å². The van der Waals surface area contributed by atoms with Crippen molar-refractivity contribution in [3.05, 3.63) is 89.5 Å². The largest absolute Gasteiger partial charge is 0.427 e. The fraction of sp³-hybridized carbons (Fsp3) is 0.130. The highest BCUT2D eigenvalue weighted by Crippen LogP contribution is 2.37. The van der Waals surface area contributed by atoms with E-state index in [1.54, 1.807) is 66.7 Å². The van der Waals surface area contributed by atoms with Gasteiger partial charge in [0, 0.05) is 30.4 Å². The Kier molecular flexibility index (Phi) is 6.77. The Morgan fingerprint density at radius 1 is 0.742 bits per heavy atom. The fourth-order valence-electron chi connectivity index (χ4n) is 3.28. The van der Waals surface area contributed by atoms with Crippen LogP contribution in [-0.2, 0) is 18.6 Å². The van der Waals surface area contributed by atoms with Crippen LogP contribution in [0.5, 0.6) is 11.5 Å². The summed E-state index contributed by atoms with van der Waals surface area (Å²) in [6.07, 6.45) is 0. The predicted molar refractivity (Wildman–Crippen MR) is 116 cm³/mol. The Hall–Kier alpha value is -3.16. The van der Waals surface area contributed by atoms with Crippen LogP contribution in [0.15, 0.2) is 77.7 Å². The number of carbonyl (C=O) groups excluding carboxylic acids is 2. The third-order valence-electron chi connectivity index (χ3n) is 4.44. The van der Waals surface area contributed by atoms with E-state index in [1.165, 1.54) is 19.9 Å². The van der Waals surface area contributed by atoms with E-state index in [-0.39, 0.29) is 4.90 Å². The van der Waals surface area contributed by atoms with Crippen LogP contribution >= 0.6 is 10.7 Å². The van der Waals surface area contributed by atoms with Gasteiger partial charge in [-0.3, -0.25) is 9.59 Å². The standard InChI is InChI=1S/C23H19ClO6S/c1-15(25)29-19-11-7-17(8-12-19)23(18-9-13-20(14-10-18)30-16(2)26)21-5-3-4-6-22(21)31(24,27)28/h3-14,23H,1-2H3. The van der Waals surface area contributed by atoms with Gasteiger partial charge >= 0.3 is 11.9 Å². The van der Waals surface area contributed by atoms with E-state index in [0.29, 0.717) is 17.1 Å². The molecule has 0 heterocycles. The van der Waals surface area contributed by atoms with Gasteiger partial charge in [-0.1, -0.05) is 42.5 Å². The summed E-state index contributed by atoms with van der Waals surface area (Å²) >= 11 is 0. The van der Waals surface area contributed by atoms with Gasteiger partial charge in [0.25, 0.3) is 9.05 Å². The van der Waals surface area contributed by atoms with Gasteiger partial charge in [0.1, 0.15) is 11.5 Å². The minimum atomic E-state index is -4.01. The normalized spacial score (nSPS) is 11.2. The van der Waals surface area contributed by atoms with Gasteiger partial charge in [-0.2, -0.15) is 0 Å². The average Bonchev–Trinajstić information content (AvgIpc) is 2.69.